The second kappa shape index (κ2) is 63.9. The highest BCUT2D eigenvalue weighted by Crippen LogP contribution is 2.17. The summed E-state index contributed by atoms with van der Waals surface area (Å²) in [7, 11) is 0. The van der Waals surface area contributed by atoms with E-state index in [1.807, 2.05) is 6.08 Å². The van der Waals surface area contributed by atoms with Crippen LogP contribution in [-0.2, 0) is 28.6 Å². The van der Waals surface area contributed by atoms with Gasteiger partial charge < -0.3 is 14.2 Å². The third kappa shape index (κ3) is 61.2. The van der Waals surface area contributed by atoms with Gasteiger partial charge in [0.25, 0.3) is 0 Å². The minimum Gasteiger partial charge on any atom is -0.462 e. The number of allylic oxidation sites excluding steroid dienone is 15. The van der Waals surface area contributed by atoms with Crippen LogP contribution >= 0.6 is 0 Å². The Balaban J connectivity index is 4.14. The molecule has 1 atom stereocenters. The molecule has 0 rings (SSSR count). The molecule has 0 aromatic heterocycles. The largest absolute Gasteiger partial charge is 0.462 e. The van der Waals surface area contributed by atoms with Crippen molar-refractivity contribution in [3.05, 3.63) is 97.2 Å². The first-order chi connectivity index (χ1) is 37.5. The molecular formula is C70H120O6. The topological polar surface area (TPSA) is 78.9 Å². The second-order valence-electron chi connectivity index (χ2n) is 21.3. The lowest BCUT2D eigenvalue weighted by Crippen LogP contribution is -2.30. The Kier molecular flexibility index (Phi) is 60.8. The highest BCUT2D eigenvalue weighted by atomic mass is 16.6. The summed E-state index contributed by atoms with van der Waals surface area (Å²) in [5.41, 5.74) is 0. The molecule has 76 heavy (non-hydrogen) atoms. The van der Waals surface area contributed by atoms with Crippen LogP contribution in [0, 0.1) is 0 Å². The normalized spacial score (nSPS) is 12.7. The van der Waals surface area contributed by atoms with Crippen LogP contribution < -0.4 is 0 Å². The van der Waals surface area contributed by atoms with Crippen molar-refractivity contribution in [1.29, 1.82) is 0 Å². The van der Waals surface area contributed by atoms with Crippen molar-refractivity contribution < 1.29 is 28.6 Å². The van der Waals surface area contributed by atoms with Gasteiger partial charge in [0.15, 0.2) is 6.10 Å². The van der Waals surface area contributed by atoms with Gasteiger partial charge >= 0.3 is 17.9 Å². The van der Waals surface area contributed by atoms with Gasteiger partial charge in [0.05, 0.1) is 6.42 Å². The SMILES string of the molecule is CC/C=C\C/C=C\C/C=C\C/C=C\C/C=C\CC(=O)OC(COC(=O)CCCCCCCCCCCC)COC(=O)CCCCCCCCCCCCCCCCCCCC/C=C\C/C=C\C/C=C\CCCCCCC. The molecule has 0 radical (unpaired) electrons. The molecule has 0 spiro atoms. The van der Waals surface area contributed by atoms with Crippen molar-refractivity contribution in [3.8, 4) is 0 Å². The quantitative estimate of drug-likeness (QED) is 0.0261. The fraction of sp³-hybridized carbons (Fsp3) is 0.729. The molecule has 0 aliphatic heterocycles. The lowest BCUT2D eigenvalue weighted by molar-refractivity contribution is -0.166. The van der Waals surface area contributed by atoms with E-state index in [0.717, 1.165) is 83.5 Å². The first kappa shape index (κ1) is 72.3. The van der Waals surface area contributed by atoms with Gasteiger partial charge in [0.1, 0.15) is 13.2 Å². The lowest BCUT2D eigenvalue weighted by atomic mass is 10.0. The highest BCUT2D eigenvalue weighted by molar-refractivity contribution is 5.72. The molecule has 0 heterocycles. The number of unbranched alkanes of at least 4 members (excludes halogenated alkanes) is 32. The smallest absolute Gasteiger partial charge is 0.310 e. The Bertz CT molecular complexity index is 1490. The second-order valence-corrected chi connectivity index (χ2v) is 21.3. The number of rotatable bonds is 58. The Morgan fingerprint density at radius 3 is 0.868 bits per heavy atom. The molecule has 0 bridgehead atoms. The molecular weight excluding hydrogens is 937 g/mol. The molecule has 0 aliphatic rings. The van der Waals surface area contributed by atoms with Crippen molar-refractivity contribution in [3.63, 3.8) is 0 Å². The number of hydrogen-bond acceptors (Lipinski definition) is 6. The summed E-state index contributed by atoms with van der Waals surface area (Å²) in [5.74, 6) is -1.04. The Morgan fingerprint density at radius 2 is 0.553 bits per heavy atom. The zero-order chi connectivity index (χ0) is 55.0. The zero-order valence-corrected chi connectivity index (χ0v) is 50.0. The van der Waals surface area contributed by atoms with Crippen molar-refractivity contribution in [2.24, 2.45) is 0 Å². The molecule has 0 N–H and O–H groups in total. The van der Waals surface area contributed by atoms with Crippen LogP contribution in [0.4, 0.5) is 0 Å². The van der Waals surface area contributed by atoms with E-state index in [4.69, 9.17) is 14.2 Å². The maximum Gasteiger partial charge on any atom is 0.310 e. The van der Waals surface area contributed by atoms with Gasteiger partial charge in [0, 0.05) is 12.8 Å². The van der Waals surface area contributed by atoms with Crippen LogP contribution in [0.1, 0.15) is 310 Å². The van der Waals surface area contributed by atoms with Crippen molar-refractivity contribution in [2.45, 2.75) is 316 Å². The Hall–Kier alpha value is -3.67. The van der Waals surface area contributed by atoms with E-state index in [1.165, 1.54) is 186 Å². The predicted molar refractivity (Wildman–Crippen MR) is 330 cm³/mol. The average Bonchev–Trinajstić information content (AvgIpc) is 3.42. The van der Waals surface area contributed by atoms with Gasteiger partial charge in [-0.15, -0.1) is 0 Å². The molecule has 1 unspecified atom stereocenters. The number of ether oxygens (including phenoxy) is 3. The van der Waals surface area contributed by atoms with Crippen molar-refractivity contribution >= 4 is 17.9 Å². The molecule has 0 aliphatic carbocycles. The third-order valence-electron chi connectivity index (χ3n) is 13.9. The molecule has 6 nitrogen and oxygen atoms in total. The van der Waals surface area contributed by atoms with E-state index >= 15 is 0 Å². The molecule has 6 heteroatoms. The number of carbonyl (C=O) groups is 3. The first-order valence-corrected chi connectivity index (χ1v) is 32.2. The molecule has 0 fully saturated rings. The molecule has 436 valence electrons. The van der Waals surface area contributed by atoms with Crippen LogP contribution in [0.25, 0.3) is 0 Å². The maximum absolute atomic E-state index is 12.8. The van der Waals surface area contributed by atoms with Gasteiger partial charge in [-0.25, -0.2) is 0 Å². The summed E-state index contributed by atoms with van der Waals surface area (Å²) >= 11 is 0. The van der Waals surface area contributed by atoms with Gasteiger partial charge in [-0.3, -0.25) is 14.4 Å². The van der Waals surface area contributed by atoms with Gasteiger partial charge in [-0.1, -0.05) is 304 Å². The van der Waals surface area contributed by atoms with Crippen LogP contribution in [0.3, 0.4) is 0 Å². The Labute approximate surface area is 470 Å². The van der Waals surface area contributed by atoms with Gasteiger partial charge in [-0.05, 0) is 83.5 Å². The summed E-state index contributed by atoms with van der Waals surface area (Å²) in [4.78, 5) is 38.1. The van der Waals surface area contributed by atoms with Gasteiger partial charge in [0.2, 0.25) is 0 Å². The number of esters is 3. The first-order valence-electron chi connectivity index (χ1n) is 32.2. The number of carbonyl (C=O) groups excluding carboxylic acids is 3. The minimum absolute atomic E-state index is 0.0983. The minimum atomic E-state index is -0.829. The Morgan fingerprint density at radius 1 is 0.289 bits per heavy atom. The molecule has 0 aromatic carbocycles. The molecule has 0 aromatic rings. The fourth-order valence-corrected chi connectivity index (χ4v) is 9.06. The lowest BCUT2D eigenvalue weighted by Gasteiger charge is -2.18. The summed E-state index contributed by atoms with van der Waals surface area (Å²) in [6.45, 7) is 6.43. The van der Waals surface area contributed by atoms with E-state index in [-0.39, 0.29) is 31.6 Å². The van der Waals surface area contributed by atoms with E-state index in [0.29, 0.717) is 12.8 Å². The van der Waals surface area contributed by atoms with E-state index in [9.17, 15) is 14.4 Å². The number of hydrogen-bond donors (Lipinski definition) is 0. The summed E-state index contributed by atoms with van der Waals surface area (Å²) in [6, 6.07) is 0. The third-order valence-corrected chi connectivity index (χ3v) is 13.9. The molecule has 0 amide bonds. The summed E-state index contributed by atoms with van der Waals surface area (Å²) < 4.78 is 16.7. The molecule has 0 saturated heterocycles. The van der Waals surface area contributed by atoms with E-state index in [1.54, 1.807) is 6.08 Å². The van der Waals surface area contributed by atoms with Crippen LogP contribution in [0.5, 0.6) is 0 Å². The van der Waals surface area contributed by atoms with Crippen molar-refractivity contribution in [1.82, 2.24) is 0 Å². The van der Waals surface area contributed by atoms with E-state index < -0.39 is 12.1 Å². The fourth-order valence-electron chi connectivity index (χ4n) is 9.06. The van der Waals surface area contributed by atoms with Crippen molar-refractivity contribution in [2.75, 3.05) is 13.2 Å². The monoisotopic (exact) mass is 1060 g/mol. The average molecular weight is 1060 g/mol. The van der Waals surface area contributed by atoms with Crippen LogP contribution in [0.2, 0.25) is 0 Å². The highest BCUT2D eigenvalue weighted by Gasteiger charge is 2.19. The van der Waals surface area contributed by atoms with Gasteiger partial charge in [-0.2, -0.15) is 0 Å². The van der Waals surface area contributed by atoms with Crippen LogP contribution in [-0.4, -0.2) is 37.2 Å². The standard InChI is InChI=1S/C70H120O6/c1-4-7-10-13-16-19-22-24-26-27-28-29-30-31-32-33-34-35-36-37-38-39-40-41-42-43-45-46-48-51-54-57-60-63-69(72)75-66-67(65-74-68(71)62-59-56-53-50-21-18-15-12-9-6-3)76-70(73)64-61-58-55-52-49-47-44-25-23-20-17-14-11-8-5-2/h8,11,17,20,22,24-25,27-28,30-31,44,49,52,58,61,67H,4-7,9-10,12-16,18-19,21,23,26,29,32-43,45-48,50-51,53-57,59-60,62-66H2,1-3H3/b11-8-,20-17-,24-22-,28-27-,31-30-,44-25-,52-49-,61-58-. The summed E-state index contributed by atoms with van der Waals surface area (Å²) in [5, 5.41) is 0. The zero-order valence-electron chi connectivity index (χ0n) is 50.0. The van der Waals surface area contributed by atoms with Crippen LogP contribution in [0.15, 0.2) is 97.2 Å². The summed E-state index contributed by atoms with van der Waals surface area (Å²) in [6.07, 6.45) is 86.1. The van der Waals surface area contributed by atoms with E-state index in [2.05, 4.69) is 106 Å². The maximum atomic E-state index is 12.8. The predicted octanol–water partition coefficient (Wildman–Crippen LogP) is 22.0. The molecule has 0 saturated carbocycles.